The van der Waals surface area contributed by atoms with Gasteiger partial charge in [0, 0.05) is 17.9 Å². The van der Waals surface area contributed by atoms with Crippen LogP contribution in [0.4, 0.5) is 5.69 Å². The molecule has 0 bridgehead atoms. The molecule has 1 aliphatic rings. The van der Waals surface area contributed by atoms with E-state index in [-0.39, 0.29) is 17.6 Å². The second kappa shape index (κ2) is 5.29. The van der Waals surface area contributed by atoms with Crippen LogP contribution in [0.25, 0.3) is 0 Å². The van der Waals surface area contributed by atoms with E-state index in [1.165, 1.54) is 17.8 Å². The molecule has 0 saturated heterocycles. The van der Waals surface area contributed by atoms with Crippen LogP contribution in [0, 0.1) is 0 Å². The van der Waals surface area contributed by atoms with E-state index in [9.17, 15) is 9.59 Å². The zero-order valence-corrected chi connectivity index (χ0v) is 12.4. The van der Waals surface area contributed by atoms with Crippen molar-refractivity contribution in [2.24, 2.45) is 0 Å². The van der Waals surface area contributed by atoms with Gasteiger partial charge in [-0.2, -0.15) is 5.10 Å². The first kappa shape index (κ1) is 14.3. The van der Waals surface area contributed by atoms with E-state index >= 15 is 0 Å². The number of carbonyl (C=O) groups excluding carboxylic acids is 1. The van der Waals surface area contributed by atoms with Gasteiger partial charge in [-0.3, -0.25) is 9.48 Å². The van der Waals surface area contributed by atoms with E-state index in [0.29, 0.717) is 0 Å². The van der Waals surface area contributed by atoms with Crippen LogP contribution >= 0.6 is 0 Å². The van der Waals surface area contributed by atoms with Crippen LogP contribution in [0.15, 0.2) is 36.5 Å². The molecular weight excluding hydrogens is 282 g/mol. The molecule has 6 nitrogen and oxygen atoms in total. The standard InChI is InChI=1S/C16H17N3O3/c1-10-9-12-5-3-4-6-14(12)19(10)15(20)13-7-8-18(17-13)11(2)16(21)22/h3-8,10-11H,9H2,1-2H3,(H,21,22). The number of aromatic nitrogens is 2. The molecule has 1 N–H and O–H groups in total. The van der Waals surface area contributed by atoms with Crippen molar-refractivity contribution in [1.82, 2.24) is 9.78 Å². The number of fused-ring (bicyclic) bond motifs is 1. The fourth-order valence-electron chi connectivity index (χ4n) is 2.78. The first-order valence-electron chi connectivity index (χ1n) is 7.18. The lowest BCUT2D eigenvalue weighted by Gasteiger charge is -2.21. The van der Waals surface area contributed by atoms with Crippen molar-refractivity contribution in [2.45, 2.75) is 32.4 Å². The number of rotatable bonds is 3. The molecule has 1 aromatic carbocycles. The highest BCUT2D eigenvalue weighted by molar-refractivity contribution is 6.06. The second-order valence-corrected chi connectivity index (χ2v) is 5.55. The van der Waals surface area contributed by atoms with E-state index in [4.69, 9.17) is 5.11 Å². The molecule has 6 heteroatoms. The van der Waals surface area contributed by atoms with Gasteiger partial charge in [-0.25, -0.2) is 4.79 Å². The van der Waals surface area contributed by atoms with Crippen LogP contribution < -0.4 is 4.90 Å². The van der Waals surface area contributed by atoms with Crippen molar-refractivity contribution < 1.29 is 14.7 Å². The normalized spacial score (nSPS) is 18.1. The minimum absolute atomic E-state index is 0.0620. The maximum absolute atomic E-state index is 12.7. The van der Waals surface area contributed by atoms with Gasteiger partial charge in [-0.1, -0.05) is 18.2 Å². The fourth-order valence-corrected chi connectivity index (χ4v) is 2.78. The molecule has 2 heterocycles. The Morgan fingerprint density at radius 2 is 2.05 bits per heavy atom. The Morgan fingerprint density at radius 3 is 2.77 bits per heavy atom. The minimum atomic E-state index is -0.984. The molecule has 0 saturated carbocycles. The monoisotopic (exact) mass is 299 g/mol. The number of carbonyl (C=O) groups is 2. The van der Waals surface area contributed by atoms with Crippen molar-refractivity contribution in [3.63, 3.8) is 0 Å². The maximum atomic E-state index is 12.7. The number of hydrogen-bond acceptors (Lipinski definition) is 3. The predicted molar refractivity (Wildman–Crippen MR) is 81.0 cm³/mol. The van der Waals surface area contributed by atoms with Crippen LogP contribution in [0.5, 0.6) is 0 Å². The first-order chi connectivity index (χ1) is 10.5. The number of carboxylic acid groups (broad SMARTS) is 1. The zero-order valence-electron chi connectivity index (χ0n) is 12.4. The topological polar surface area (TPSA) is 75.4 Å². The summed E-state index contributed by atoms with van der Waals surface area (Å²) in [6.07, 6.45) is 2.34. The number of hydrogen-bond donors (Lipinski definition) is 1. The van der Waals surface area contributed by atoms with Crippen LogP contribution in [0.1, 0.15) is 35.9 Å². The summed E-state index contributed by atoms with van der Waals surface area (Å²) in [5.41, 5.74) is 2.30. The molecule has 0 radical (unpaired) electrons. The third-order valence-electron chi connectivity index (χ3n) is 4.01. The summed E-state index contributed by atoms with van der Waals surface area (Å²) in [4.78, 5) is 25.5. The molecule has 0 spiro atoms. The molecule has 0 aliphatic carbocycles. The van der Waals surface area contributed by atoms with Crippen LogP contribution in [0.2, 0.25) is 0 Å². The molecule has 1 aliphatic heterocycles. The zero-order chi connectivity index (χ0) is 15.9. The van der Waals surface area contributed by atoms with E-state index in [1.807, 2.05) is 31.2 Å². The molecule has 0 fully saturated rings. The summed E-state index contributed by atoms with van der Waals surface area (Å²) in [5, 5.41) is 13.1. The summed E-state index contributed by atoms with van der Waals surface area (Å²) < 4.78 is 1.29. The number of nitrogens with zero attached hydrogens (tertiary/aromatic N) is 3. The number of anilines is 1. The molecule has 3 rings (SSSR count). The smallest absolute Gasteiger partial charge is 0.328 e. The Bertz CT molecular complexity index is 738. The van der Waals surface area contributed by atoms with Gasteiger partial charge >= 0.3 is 5.97 Å². The number of aliphatic carboxylic acids is 1. The lowest BCUT2D eigenvalue weighted by atomic mass is 10.1. The van der Waals surface area contributed by atoms with E-state index in [0.717, 1.165) is 17.7 Å². The van der Waals surface area contributed by atoms with E-state index < -0.39 is 12.0 Å². The molecule has 2 atom stereocenters. The molecule has 114 valence electrons. The van der Waals surface area contributed by atoms with Gasteiger partial charge in [0.15, 0.2) is 5.69 Å². The lowest BCUT2D eigenvalue weighted by Crippen LogP contribution is -2.36. The second-order valence-electron chi connectivity index (χ2n) is 5.55. The average molecular weight is 299 g/mol. The molecule has 2 aromatic rings. The Hall–Kier alpha value is -2.63. The summed E-state index contributed by atoms with van der Waals surface area (Å²) in [5.74, 6) is -1.18. The van der Waals surface area contributed by atoms with Gasteiger partial charge < -0.3 is 10.0 Å². The number of carboxylic acids is 1. The largest absolute Gasteiger partial charge is 0.480 e. The van der Waals surface area contributed by atoms with Crippen molar-refractivity contribution in [2.75, 3.05) is 4.90 Å². The Labute approximate surface area is 128 Å². The number of para-hydroxylation sites is 1. The third kappa shape index (κ3) is 2.26. The van der Waals surface area contributed by atoms with Crippen molar-refractivity contribution >= 4 is 17.6 Å². The van der Waals surface area contributed by atoms with Gasteiger partial charge in [0.2, 0.25) is 0 Å². The van der Waals surface area contributed by atoms with Gasteiger partial charge in [0.1, 0.15) is 6.04 Å². The fraction of sp³-hybridized carbons (Fsp3) is 0.312. The summed E-state index contributed by atoms with van der Waals surface area (Å²) in [6, 6.07) is 8.63. The maximum Gasteiger partial charge on any atom is 0.328 e. The van der Waals surface area contributed by atoms with Crippen molar-refractivity contribution in [3.8, 4) is 0 Å². The van der Waals surface area contributed by atoms with Crippen LogP contribution in [-0.4, -0.2) is 32.8 Å². The van der Waals surface area contributed by atoms with Gasteiger partial charge in [0.05, 0.1) is 0 Å². The summed E-state index contributed by atoms with van der Waals surface area (Å²) in [6.45, 7) is 3.52. The highest BCUT2D eigenvalue weighted by Crippen LogP contribution is 2.32. The Morgan fingerprint density at radius 1 is 1.32 bits per heavy atom. The number of benzene rings is 1. The van der Waals surface area contributed by atoms with Crippen LogP contribution in [0.3, 0.4) is 0 Å². The highest BCUT2D eigenvalue weighted by Gasteiger charge is 2.32. The number of amides is 1. The lowest BCUT2D eigenvalue weighted by molar-refractivity contribution is -0.140. The quantitative estimate of drug-likeness (QED) is 0.942. The first-order valence-corrected chi connectivity index (χ1v) is 7.18. The highest BCUT2D eigenvalue weighted by atomic mass is 16.4. The van der Waals surface area contributed by atoms with Crippen molar-refractivity contribution in [1.29, 1.82) is 0 Å². The van der Waals surface area contributed by atoms with Gasteiger partial charge in [-0.05, 0) is 38.0 Å². The SMILES string of the molecule is CC1Cc2ccccc2N1C(=O)c1ccn(C(C)C(=O)O)n1. The van der Waals surface area contributed by atoms with Crippen LogP contribution in [-0.2, 0) is 11.2 Å². The molecule has 2 unspecified atom stereocenters. The van der Waals surface area contributed by atoms with Crippen molar-refractivity contribution in [3.05, 3.63) is 47.8 Å². The molecule has 1 aromatic heterocycles. The Balaban J connectivity index is 1.90. The molecular formula is C16H17N3O3. The summed E-state index contributed by atoms with van der Waals surface area (Å²) >= 11 is 0. The molecule has 22 heavy (non-hydrogen) atoms. The summed E-state index contributed by atoms with van der Waals surface area (Å²) in [7, 11) is 0. The minimum Gasteiger partial charge on any atom is -0.480 e. The van der Waals surface area contributed by atoms with Gasteiger partial charge in [0.25, 0.3) is 5.91 Å². The predicted octanol–water partition coefficient (Wildman–Crippen LogP) is 2.12. The van der Waals surface area contributed by atoms with E-state index in [1.54, 1.807) is 11.0 Å². The average Bonchev–Trinajstić information content (AvgIpc) is 3.09. The Kier molecular flexibility index (Phi) is 3.44. The molecule has 1 amide bonds. The van der Waals surface area contributed by atoms with Gasteiger partial charge in [-0.15, -0.1) is 0 Å². The van der Waals surface area contributed by atoms with E-state index in [2.05, 4.69) is 5.10 Å². The third-order valence-corrected chi connectivity index (χ3v) is 4.01.